The summed E-state index contributed by atoms with van der Waals surface area (Å²) < 4.78 is 32.7. The Morgan fingerprint density at radius 3 is 1.95 bits per heavy atom. The molecule has 0 aliphatic heterocycles. The summed E-state index contributed by atoms with van der Waals surface area (Å²) in [5.41, 5.74) is 0.578. The molecule has 0 radical (unpaired) electrons. The van der Waals surface area contributed by atoms with Crippen molar-refractivity contribution in [2.24, 2.45) is 0 Å². The van der Waals surface area contributed by atoms with Gasteiger partial charge in [0, 0.05) is 0 Å². The first-order valence-corrected chi connectivity index (χ1v) is 8.45. The molecule has 0 spiro atoms. The monoisotopic (exact) mass is 335 g/mol. The van der Waals surface area contributed by atoms with Gasteiger partial charge >= 0.3 is 10.4 Å². The summed E-state index contributed by atoms with van der Waals surface area (Å²) in [6.07, 6.45) is 0.188. The van der Waals surface area contributed by atoms with Gasteiger partial charge in [-0.3, -0.25) is 4.55 Å². The van der Waals surface area contributed by atoms with Gasteiger partial charge in [0.2, 0.25) is 0 Å². The van der Waals surface area contributed by atoms with Crippen LogP contribution in [0.25, 0.3) is 0 Å². The van der Waals surface area contributed by atoms with E-state index in [2.05, 4.69) is 29.9 Å². The molecule has 0 unspecified atom stereocenters. The lowest BCUT2D eigenvalue weighted by atomic mass is 10.1. The zero-order valence-corrected chi connectivity index (χ0v) is 14.0. The molecular weight excluding hydrogens is 310 g/mol. The lowest BCUT2D eigenvalue weighted by Crippen LogP contribution is -2.21. The van der Waals surface area contributed by atoms with Crippen LogP contribution in [0.5, 0.6) is 11.5 Å². The number of rotatable bonds is 7. The van der Waals surface area contributed by atoms with Crippen molar-refractivity contribution in [2.75, 3.05) is 26.2 Å². The number of hydrogen-bond acceptors (Lipinski definition) is 6. The van der Waals surface area contributed by atoms with Gasteiger partial charge in [-0.15, -0.1) is 0 Å². The van der Waals surface area contributed by atoms with Crippen molar-refractivity contribution in [1.82, 2.24) is 4.90 Å². The Labute approximate surface area is 132 Å². The maximum absolute atomic E-state index is 10.2. The summed E-state index contributed by atoms with van der Waals surface area (Å²) in [6.45, 7) is 9.89. The molecular formula is C14H25NO6S. The maximum Gasteiger partial charge on any atom is 0.397 e. The Bertz CT molecular complexity index is 523. The molecule has 0 amide bonds. The van der Waals surface area contributed by atoms with E-state index in [0.29, 0.717) is 5.56 Å². The van der Waals surface area contributed by atoms with Gasteiger partial charge < -0.3 is 15.1 Å². The van der Waals surface area contributed by atoms with E-state index in [1.807, 2.05) is 0 Å². The van der Waals surface area contributed by atoms with Crippen molar-refractivity contribution in [3.8, 4) is 11.5 Å². The molecule has 0 aromatic heterocycles. The first-order valence-electron chi connectivity index (χ1n) is 7.08. The molecule has 128 valence electrons. The van der Waals surface area contributed by atoms with Crippen LogP contribution in [0.1, 0.15) is 26.3 Å². The van der Waals surface area contributed by atoms with Crippen LogP contribution in [0.15, 0.2) is 18.2 Å². The number of aromatic hydroxyl groups is 2. The normalized spacial score (nSPS) is 11.1. The van der Waals surface area contributed by atoms with Crippen molar-refractivity contribution in [3.05, 3.63) is 23.8 Å². The lowest BCUT2D eigenvalue weighted by molar-refractivity contribution is 0.271. The first kappa shape index (κ1) is 20.6. The first-order chi connectivity index (χ1) is 10.2. The zero-order valence-electron chi connectivity index (χ0n) is 13.2. The van der Waals surface area contributed by atoms with Crippen molar-refractivity contribution < 1.29 is 27.4 Å². The summed E-state index contributed by atoms with van der Waals surface area (Å²) in [5, 5.41) is 18.1. The molecule has 0 saturated heterocycles. The topological polar surface area (TPSA) is 107 Å². The van der Waals surface area contributed by atoms with Gasteiger partial charge in [0.05, 0.1) is 6.61 Å². The van der Waals surface area contributed by atoms with E-state index < -0.39 is 10.4 Å². The number of phenols is 2. The highest BCUT2D eigenvalue weighted by Crippen LogP contribution is 2.24. The Hall–Kier alpha value is -1.35. The van der Waals surface area contributed by atoms with Crippen LogP contribution < -0.4 is 0 Å². The number of phenolic OH excluding ortho intramolecular Hbond substituents is 2. The molecule has 0 bridgehead atoms. The summed E-state index contributed by atoms with van der Waals surface area (Å²) in [4.78, 5) is 2.38. The number of benzene rings is 1. The molecule has 3 N–H and O–H groups in total. The van der Waals surface area contributed by atoms with Gasteiger partial charge in [-0.2, -0.15) is 8.42 Å². The quantitative estimate of drug-likeness (QED) is 0.515. The summed E-state index contributed by atoms with van der Waals surface area (Å²) in [5.74, 6) is -0.547. The molecule has 0 atom stereocenters. The molecule has 22 heavy (non-hydrogen) atoms. The number of nitrogens with zero attached hydrogens (tertiary/aromatic N) is 1. The highest BCUT2D eigenvalue weighted by molar-refractivity contribution is 7.80. The largest absolute Gasteiger partial charge is 0.504 e. The van der Waals surface area contributed by atoms with Gasteiger partial charge in [0.1, 0.15) is 0 Å². The third-order valence-electron chi connectivity index (χ3n) is 3.00. The summed E-state index contributed by atoms with van der Waals surface area (Å²) in [7, 11) is -4.42. The van der Waals surface area contributed by atoms with Gasteiger partial charge in [-0.05, 0) is 43.8 Å². The molecule has 0 heterocycles. The van der Waals surface area contributed by atoms with E-state index in [-0.39, 0.29) is 24.5 Å². The maximum atomic E-state index is 10.2. The predicted octanol–water partition coefficient (Wildman–Crippen LogP) is 1.81. The predicted molar refractivity (Wildman–Crippen MR) is 84.4 cm³/mol. The van der Waals surface area contributed by atoms with Crippen LogP contribution >= 0.6 is 0 Å². The highest BCUT2D eigenvalue weighted by atomic mass is 32.3. The smallest absolute Gasteiger partial charge is 0.397 e. The van der Waals surface area contributed by atoms with E-state index in [0.717, 1.165) is 0 Å². The molecule has 0 fully saturated rings. The van der Waals surface area contributed by atoms with Gasteiger partial charge in [0.25, 0.3) is 0 Å². The minimum atomic E-state index is -4.42. The molecule has 1 aromatic carbocycles. The van der Waals surface area contributed by atoms with E-state index in [4.69, 9.17) is 14.8 Å². The standard InChI is InChI=1S/C8H10O6S.C6H15N/c9-7-2-1-6(5-8(7)10)3-4-14-15(11,12)13;1-4-7(5-2)6-3/h1-2,5,9-10H,3-4H2,(H,11,12,13);4-6H2,1-3H3. The zero-order chi connectivity index (χ0) is 17.2. The minimum Gasteiger partial charge on any atom is -0.504 e. The van der Waals surface area contributed by atoms with Crippen molar-refractivity contribution in [1.29, 1.82) is 0 Å². The summed E-state index contributed by atoms with van der Waals surface area (Å²) >= 11 is 0. The van der Waals surface area contributed by atoms with Gasteiger partial charge in [0.15, 0.2) is 11.5 Å². The molecule has 1 aromatic rings. The van der Waals surface area contributed by atoms with Gasteiger partial charge in [-0.25, -0.2) is 4.18 Å². The Morgan fingerprint density at radius 1 is 1.05 bits per heavy atom. The second-order valence-corrected chi connectivity index (χ2v) is 5.53. The van der Waals surface area contributed by atoms with E-state index in [9.17, 15) is 8.42 Å². The van der Waals surface area contributed by atoms with Crippen molar-refractivity contribution >= 4 is 10.4 Å². The van der Waals surface area contributed by atoms with E-state index >= 15 is 0 Å². The molecule has 0 aliphatic rings. The summed E-state index contributed by atoms with van der Waals surface area (Å²) in [6, 6.07) is 4.06. The average Bonchev–Trinajstić information content (AvgIpc) is 2.44. The van der Waals surface area contributed by atoms with Crippen LogP contribution in [-0.4, -0.2) is 54.3 Å². The van der Waals surface area contributed by atoms with Crippen molar-refractivity contribution in [3.63, 3.8) is 0 Å². The SMILES string of the molecule is CCN(CC)CC.O=S(=O)(O)OCCc1ccc(O)c(O)c1. The molecule has 0 aliphatic carbocycles. The fourth-order valence-electron chi connectivity index (χ4n) is 1.66. The third-order valence-corrected chi connectivity index (χ3v) is 3.47. The Balaban J connectivity index is 0.000000534. The van der Waals surface area contributed by atoms with Gasteiger partial charge in [-0.1, -0.05) is 26.8 Å². The minimum absolute atomic E-state index is 0.188. The van der Waals surface area contributed by atoms with E-state index in [1.54, 1.807) is 0 Å². The molecule has 1 rings (SSSR count). The molecule has 0 saturated carbocycles. The van der Waals surface area contributed by atoms with Crippen molar-refractivity contribution in [2.45, 2.75) is 27.2 Å². The average molecular weight is 335 g/mol. The van der Waals surface area contributed by atoms with Crippen LogP contribution in [0.3, 0.4) is 0 Å². The fourth-order valence-corrected chi connectivity index (χ4v) is 1.95. The molecule has 8 heteroatoms. The second kappa shape index (κ2) is 10.4. The number of hydrogen-bond donors (Lipinski definition) is 3. The van der Waals surface area contributed by atoms with Crippen LogP contribution in [0.2, 0.25) is 0 Å². The highest BCUT2D eigenvalue weighted by Gasteiger charge is 2.05. The Kier molecular flexibility index (Phi) is 9.75. The van der Waals surface area contributed by atoms with Crippen LogP contribution in [0.4, 0.5) is 0 Å². The molecule has 7 nitrogen and oxygen atoms in total. The lowest BCUT2D eigenvalue weighted by Gasteiger charge is -2.13. The fraction of sp³-hybridized carbons (Fsp3) is 0.571. The second-order valence-electron chi connectivity index (χ2n) is 4.44. The third kappa shape index (κ3) is 9.56. The van der Waals surface area contributed by atoms with E-state index in [1.165, 1.54) is 37.8 Å². The Morgan fingerprint density at radius 2 is 1.59 bits per heavy atom. The van der Waals surface area contributed by atoms with Crippen LogP contribution in [0, 0.1) is 0 Å². The van der Waals surface area contributed by atoms with Crippen LogP contribution in [-0.2, 0) is 21.0 Å².